The van der Waals surface area contributed by atoms with Crippen LogP contribution in [0.4, 0.5) is 0 Å². The summed E-state index contributed by atoms with van der Waals surface area (Å²) in [6.07, 6.45) is 7.94. The molecule has 0 fully saturated rings. The Morgan fingerprint density at radius 3 is 1.46 bits per heavy atom. The summed E-state index contributed by atoms with van der Waals surface area (Å²) >= 11 is -0.826. The van der Waals surface area contributed by atoms with Gasteiger partial charge in [-0.05, 0) is 0 Å². The van der Waals surface area contributed by atoms with Crippen molar-refractivity contribution >= 4 is 17.0 Å². The molecule has 0 bridgehead atoms. The van der Waals surface area contributed by atoms with Gasteiger partial charge in [-0.1, -0.05) is 0 Å². The van der Waals surface area contributed by atoms with Crippen molar-refractivity contribution in [1.29, 1.82) is 0 Å². The zero-order valence-electron chi connectivity index (χ0n) is 6.20. The van der Waals surface area contributed by atoms with Crippen LogP contribution in [0.5, 0.6) is 0 Å². The van der Waals surface area contributed by atoms with Crippen LogP contribution in [0.1, 0.15) is 0 Å². The molecule has 0 aromatic carbocycles. The minimum Gasteiger partial charge on any atom is -0.352 e. The molecule has 68 valence electrons. The summed E-state index contributed by atoms with van der Waals surface area (Å²) in [6, 6.07) is 0. The summed E-state index contributed by atoms with van der Waals surface area (Å²) in [7, 11) is 9.87. The van der Waals surface area contributed by atoms with Crippen LogP contribution in [0.3, 0.4) is 0 Å². The van der Waals surface area contributed by atoms with E-state index in [0.29, 0.717) is 0 Å². The Hall–Kier alpha value is -0.257. The summed E-state index contributed by atoms with van der Waals surface area (Å²) < 4.78 is 0. The molecule has 0 saturated heterocycles. The molecule has 0 unspecified atom stereocenters. The maximum Gasteiger partial charge on any atom is -0.112 e. The van der Waals surface area contributed by atoms with E-state index in [1.165, 1.54) is 12.4 Å². The van der Waals surface area contributed by atoms with Crippen molar-refractivity contribution in [3.8, 4) is 0 Å². The van der Waals surface area contributed by atoms with Crippen LogP contribution in [0.15, 0.2) is 12.4 Å². The standard InChI is InChI=1S/2C2H2N3.2ClH.Zr/c2*1-2-4-5-3-1;;;/h2*1H,(H,3,4,5);2*1H;/q2*-1;;;+4/p-2. The first-order valence-corrected chi connectivity index (χ1v) is 9.16. The number of hydrogen-bond acceptors (Lipinski definition) is 4. The largest absolute Gasteiger partial charge is 0.352 e. The molecule has 0 radical (unpaired) electrons. The maximum atomic E-state index is 4.93. The third-order valence-corrected chi connectivity index (χ3v) is 0.589. The topological polar surface area (TPSA) is 83.1 Å². The second kappa shape index (κ2) is 11.7. The number of aromatic nitrogens is 6. The van der Waals surface area contributed by atoms with Gasteiger partial charge in [-0.2, -0.15) is 0 Å². The Labute approximate surface area is 93.1 Å². The van der Waals surface area contributed by atoms with Gasteiger partial charge in [-0.15, -0.1) is 22.8 Å². The van der Waals surface area contributed by atoms with E-state index in [1.54, 1.807) is 0 Å². The Morgan fingerprint density at radius 2 is 1.38 bits per heavy atom. The summed E-state index contributed by atoms with van der Waals surface area (Å²) in [5, 5.41) is 18.1. The fraction of sp³-hybridized carbons (Fsp3) is 0. The number of rotatable bonds is 0. The second-order valence-corrected chi connectivity index (χ2v) is 5.01. The van der Waals surface area contributed by atoms with E-state index in [-0.39, 0.29) is 0 Å². The Morgan fingerprint density at radius 1 is 1.00 bits per heavy atom. The molecule has 2 aromatic heterocycles. The number of aromatic amines is 2. The van der Waals surface area contributed by atoms with Gasteiger partial charge in [0.05, 0.1) is 0 Å². The third-order valence-electron chi connectivity index (χ3n) is 0.589. The SMILES string of the molecule is [Cl][Zr+2][Cl].[c-]1c[nH]nn1.[c-]1c[nH]nn1. The number of nitrogens with zero attached hydrogens (tertiary/aromatic N) is 4. The summed E-state index contributed by atoms with van der Waals surface area (Å²) in [4.78, 5) is 0. The average Bonchev–Trinajstić information content (AvgIpc) is 2.85. The van der Waals surface area contributed by atoms with Gasteiger partial charge in [0, 0.05) is 0 Å². The molecule has 0 aliphatic carbocycles. The van der Waals surface area contributed by atoms with E-state index in [0.717, 1.165) is 0 Å². The van der Waals surface area contributed by atoms with Gasteiger partial charge in [0.1, 0.15) is 0 Å². The predicted octanol–water partition coefficient (Wildman–Crippen LogP) is 0.586. The summed E-state index contributed by atoms with van der Waals surface area (Å²) in [5.74, 6) is 0. The Bertz CT molecular complexity index is 174. The van der Waals surface area contributed by atoms with E-state index in [1.807, 2.05) is 0 Å². The van der Waals surface area contributed by atoms with E-state index >= 15 is 0 Å². The van der Waals surface area contributed by atoms with Gasteiger partial charge in [0.25, 0.3) is 0 Å². The van der Waals surface area contributed by atoms with Crippen molar-refractivity contribution in [2.45, 2.75) is 0 Å². The molecule has 2 rings (SSSR count). The van der Waals surface area contributed by atoms with Gasteiger partial charge in [0.2, 0.25) is 0 Å². The number of halogens is 2. The molecule has 6 nitrogen and oxygen atoms in total. The first-order chi connectivity index (χ1) is 6.41. The fourth-order valence-corrected chi connectivity index (χ4v) is 0.289. The van der Waals surface area contributed by atoms with Crippen LogP contribution >= 0.6 is 17.0 Å². The molecule has 9 heteroatoms. The van der Waals surface area contributed by atoms with Gasteiger partial charge < -0.3 is 32.8 Å². The molecule has 0 aliphatic heterocycles. The maximum absolute atomic E-state index is 4.93. The van der Waals surface area contributed by atoms with Gasteiger partial charge in [-0.3, -0.25) is 0 Å². The zero-order chi connectivity index (χ0) is 9.78. The predicted molar refractivity (Wildman–Crippen MR) is 42.1 cm³/mol. The van der Waals surface area contributed by atoms with Crippen molar-refractivity contribution in [1.82, 2.24) is 30.8 Å². The van der Waals surface area contributed by atoms with Crippen molar-refractivity contribution < 1.29 is 20.8 Å². The summed E-state index contributed by atoms with van der Waals surface area (Å²) in [6.45, 7) is 0. The van der Waals surface area contributed by atoms with Crippen LogP contribution in [0.2, 0.25) is 0 Å². The van der Waals surface area contributed by atoms with E-state index in [4.69, 9.17) is 17.0 Å². The van der Waals surface area contributed by atoms with Crippen LogP contribution < -0.4 is 0 Å². The third kappa shape index (κ3) is 11.7. The summed E-state index contributed by atoms with van der Waals surface area (Å²) in [5.41, 5.74) is 0. The molecule has 13 heavy (non-hydrogen) atoms. The van der Waals surface area contributed by atoms with Gasteiger partial charge in [0.15, 0.2) is 0 Å². The van der Waals surface area contributed by atoms with Crippen molar-refractivity contribution in [3.05, 3.63) is 24.8 Å². The van der Waals surface area contributed by atoms with E-state index in [9.17, 15) is 0 Å². The molecular weight excluding hydrogens is 294 g/mol. The van der Waals surface area contributed by atoms with Crippen LogP contribution in [0, 0.1) is 12.4 Å². The number of hydrogen-bond donors (Lipinski definition) is 2. The fourth-order valence-electron chi connectivity index (χ4n) is 0.289. The molecule has 0 amide bonds. The molecule has 0 saturated carbocycles. The minimum atomic E-state index is -0.826. The first kappa shape index (κ1) is 12.7. The second-order valence-electron chi connectivity index (χ2n) is 1.28. The molecule has 0 atom stereocenters. The van der Waals surface area contributed by atoms with E-state index < -0.39 is 20.8 Å². The van der Waals surface area contributed by atoms with Crippen LogP contribution in [0.25, 0.3) is 0 Å². The monoisotopic (exact) mass is 296 g/mol. The van der Waals surface area contributed by atoms with Crippen LogP contribution in [-0.4, -0.2) is 30.8 Å². The zero-order valence-corrected chi connectivity index (χ0v) is 10.2. The molecular formula is C4H4Cl2N6Zr. The number of nitrogens with one attached hydrogen (secondary N) is 2. The van der Waals surface area contributed by atoms with Crippen LogP contribution in [-0.2, 0) is 20.8 Å². The van der Waals surface area contributed by atoms with Gasteiger partial charge in [-0.25, -0.2) is 0 Å². The Kier molecular flexibility index (Phi) is 11.5. The molecule has 0 aliphatic rings. The van der Waals surface area contributed by atoms with Crippen molar-refractivity contribution in [3.63, 3.8) is 0 Å². The normalized spacial score (nSPS) is 6.92. The first-order valence-electron chi connectivity index (χ1n) is 2.83. The molecule has 0 spiro atoms. The van der Waals surface area contributed by atoms with Crippen molar-refractivity contribution in [2.24, 2.45) is 0 Å². The molecule has 2 aromatic rings. The van der Waals surface area contributed by atoms with Crippen molar-refractivity contribution in [2.75, 3.05) is 0 Å². The average molecular weight is 298 g/mol. The quantitative estimate of drug-likeness (QED) is 0.697. The minimum absolute atomic E-state index is 0.826. The van der Waals surface area contributed by atoms with E-state index in [2.05, 4.69) is 43.2 Å². The van der Waals surface area contributed by atoms with Gasteiger partial charge >= 0.3 is 37.9 Å². The molecule has 2 heterocycles. The number of H-pyrrole nitrogens is 2. The molecule has 2 N–H and O–H groups in total. The Balaban J connectivity index is 0.000000174. The smallest absolute Gasteiger partial charge is 0.112 e.